The number of carboxylic acids is 1. The van der Waals surface area contributed by atoms with Crippen LogP contribution < -0.4 is 27.4 Å². The molecule has 33 heavy (non-hydrogen) atoms. The molecule has 5 atom stereocenters. The molecule has 0 aliphatic heterocycles. The second-order valence-corrected chi connectivity index (χ2v) is 7.95. The van der Waals surface area contributed by atoms with Crippen molar-refractivity contribution in [3.05, 3.63) is 35.9 Å². The number of unbranched alkanes of at least 4 members (excludes halogenated alkanes) is 1. The summed E-state index contributed by atoms with van der Waals surface area (Å²) in [7, 11) is 0. The van der Waals surface area contributed by atoms with E-state index in [0.717, 1.165) is 5.56 Å². The first-order chi connectivity index (χ1) is 15.6. The molecular weight excluding hydrogens is 430 g/mol. The third-order valence-electron chi connectivity index (χ3n) is 4.96. The predicted molar refractivity (Wildman–Crippen MR) is 122 cm³/mol. The van der Waals surface area contributed by atoms with Gasteiger partial charge in [-0.15, -0.1) is 0 Å². The standard InChI is InChI=1S/C22H35N5O6/c1-13(24)19(29)26-17(12-15-8-4-3-5-9-15)21(31)25-16(10-6-7-11-23)20(30)27-18(14(2)28)22(32)33/h3-5,8-9,13-14,16-18,28H,6-7,10-12,23-24H2,1-2H3,(H,25,31)(H,26,29)(H,27,30)(H,32,33). The van der Waals surface area contributed by atoms with E-state index in [1.807, 2.05) is 6.07 Å². The second kappa shape index (κ2) is 14.2. The molecule has 0 spiro atoms. The summed E-state index contributed by atoms with van der Waals surface area (Å²) >= 11 is 0. The number of hydrogen-bond acceptors (Lipinski definition) is 7. The van der Waals surface area contributed by atoms with E-state index in [4.69, 9.17) is 11.5 Å². The van der Waals surface area contributed by atoms with Crippen LogP contribution in [-0.2, 0) is 25.6 Å². The van der Waals surface area contributed by atoms with Crippen LogP contribution in [-0.4, -0.2) is 70.7 Å². The summed E-state index contributed by atoms with van der Waals surface area (Å²) in [5, 5.41) is 26.3. The molecule has 184 valence electrons. The maximum atomic E-state index is 13.1. The van der Waals surface area contributed by atoms with E-state index in [1.165, 1.54) is 13.8 Å². The molecule has 0 heterocycles. The molecule has 1 aromatic carbocycles. The lowest BCUT2D eigenvalue weighted by atomic mass is 10.0. The lowest BCUT2D eigenvalue weighted by molar-refractivity contribution is -0.145. The summed E-state index contributed by atoms with van der Waals surface area (Å²) in [6, 6.07) is 4.52. The van der Waals surface area contributed by atoms with Crippen molar-refractivity contribution in [3.8, 4) is 0 Å². The second-order valence-electron chi connectivity index (χ2n) is 7.95. The van der Waals surface area contributed by atoms with Crippen LogP contribution in [0.1, 0.15) is 38.7 Å². The molecule has 5 unspecified atom stereocenters. The number of amides is 3. The molecule has 1 rings (SSSR count). The molecule has 0 saturated carbocycles. The quantitative estimate of drug-likeness (QED) is 0.163. The Bertz CT molecular complexity index is 787. The molecule has 0 fully saturated rings. The lowest BCUT2D eigenvalue weighted by Crippen LogP contribution is -2.58. The molecule has 9 N–H and O–H groups in total. The third kappa shape index (κ3) is 9.98. The minimum Gasteiger partial charge on any atom is -0.480 e. The van der Waals surface area contributed by atoms with Crippen LogP contribution in [0.15, 0.2) is 30.3 Å². The van der Waals surface area contributed by atoms with Crippen molar-refractivity contribution in [1.29, 1.82) is 0 Å². The van der Waals surface area contributed by atoms with Gasteiger partial charge < -0.3 is 37.6 Å². The monoisotopic (exact) mass is 465 g/mol. The number of nitrogens with one attached hydrogen (secondary N) is 3. The van der Waals surface area contributed by atoms with Crippen molar-refractivity contribution in [1.82, 2.24) is 16.0 Å². The van der Waals surface area contributed by atoms with Crippen LogP contribution >= 0.6 is 0 Å². The van der Waals surface area contributed by atoms with Gasteiger partial charge in [-0.05, 0) is 45.2 Å². The average Bonchev–Trinajstić information content (AvgIpc) is 2.76. The van der Waals surface area contributed by atoms with Crippen LogP contribution in [0.3, 0.4) is 0 Å². The van der Waals surface area contributed by atoms with E-state index in [-0.39, 0.29) is 12.8 Å². The van der Waals surface area contributed by atoms with E-state index >= 15 is 0 Å². The largest absolute Gasteiger partial charge is 0.480 e. The third-order valence-corrected chi connectivity index (χ3v) is 4.96. The maximum absolute atomic E-state index is 13.1. The van der Waals surface area contributed by atoms with E-state index < -0.39 is 54.0 Å². The van der Waals surface area contributed by atoms with Gasteiger partial charge in [0.2, 0.25) is 17.7 Å². The Morgan fingerprint density at radius 2 is 1.48 bits per heavy atom. The Kier molecular flexibility index (Phi) is 12.0. The van der Waals surface area contributed by atoms with E-state index in [0.29, 0.717) is 19.4 Å². The number of carbonyl (C=O) groups is 4. The SMILES string of the molecule is CC(N)C(=O)NC(Cc1ccccc1)C(=O)NC(CCCCN)C(=O)NC(C(=O)O)C(C)O. The summed E-state index contributed by atoms with van der Waals surface area (Å²) in [5.74, 6) is -3.32. The molecule has 11 heteroatoms. The molecule has 0 bridgehead atoms. The molecule has 0 saturated heterocycles. The van der Waals surface area contributed by atoms with Crippen molar-refractivity contribution < 1.29 is 29.4 Å². The number of rotatable bonds is 14. The maximum Gasteiger partial charge on any atom is 0.328 e. The van der Waals surface area contributed by atoms with E-state index in [9.17, 15) is 29.4 Å². The molecule has 0 aliphatic rings. The van der Waals surface area contributed by atoms with Crippen LogP contribution in [0.25, 0.3) is 0 Å². The van der Waals surface area contributed by atoms with E-state index in [2.05, 4.69) is 16.0 Å². The van der Waals surface area contributed by atoms with Crippen LogP contribution in [0.5, 0.6) is 0 Å². The average molecular weight is 466 g/mol. The first kappa shape index (κ1) is 28.0. The number of aliphatic hydroxyl groups excluding tert-OH is 1. The van der Waals surface area contributed by atoms with Gasteiger partial charge in [-0.2, -0.15) is 0 Å². The Labute approximate surface area is 193 Å². The number of nitrogens with two attached hydrogens (primary N) is 2. The Morgan fingerprint density at radius 3 is 2.00 bits per heavy atom. The fraction of sp³-hybridized carbons (Fsp3) is 0.545. The highest BCUT2D eigenvalue weighted by molar-refractivity contribution is 5.94. The number of aliphatic carboxylic acids is 1. The highest BCUT2D eigenvalue weighted by Crippen LogP contribution is 2.07. The van der Waals surface area contributed by atoms with Gasteiger partial charge in [0, 0.05) is 6.42 Å². The Balaban J connectivity index is 3.04. The minimum atomic E-state index is -1.54. The van der Waals surface area contributed by atoms with Gasteiger partial charge in [0.05, 0.1) is 12.1 Å². The van der Waals surface area contributed by atoms with Gasteiger partial charge in [-0.25, -0.2) is 4.79 Å². The number of carbonyl (C=O) groups excluding carboxylic acids is 3. The lowest BCUT2D eigenvalue weighted by Gasteiger charge is -2.25. The topological polar surface area (TPSA) is 197 Å². The molecule has 0 radical (unpaired) electrons. The van der Waals surface area contributed by atoms with Crippen molar-refractivity contribution in [3.63, 3.8) is 0 Å². The summed E-state index contributed by atoms with van der Waals surface area (Å²) < 4.78 is 0. The zero-order valence-corrected chi connectivity index (χ0v) is 19.0. The van der Waals surface area contributed by atoms with Gasteiger partial charge in [0.1, 0.15) is 12.1 Å². The summed E-state index contributed by atoms with van der Waals surface area (Å²) in [4.78, 5) is 49.3. The van der Waals surface area contributed by atoms with Gasteiger partial charge in [-0.3, -0.25) is 14.4 Å². The molecule has 0 aromatic heterocycles. The predicted octanol–water partition coefficient (Wildman–Crippen LogP) is -1.37. The fourth-order valence-electron chi connectivity index (χ4n) is 3.04. The molecule has 0 aliphatic carbocycles. The molecule has 1 aromatic rings. The molecular formula is C22H35N5O6. The Morgan fingerprint density at radius 1 is 0.909 bits per heavy atom. The van der Waals surface area contributed by atoms with Crippen LogP contribution in [0, 0.1) is 0 Å². The smallest absolute Gasteiger partial charge is 0.328 e. The van der Waals surface area contributed by atoms with Crippen molar-refractivity contribution in [2.24, 2.45) is 11.5 Å². The number of aliphatic hydroxyl groups is 1. The van der Waals surface area contributed by atoms with E-state index in [1.54, 1.807) is 24.3 Å². The van der Waals surface area contributed by atoms with Crippen LogP contribution in [0.2, 0.25) is 0 Å². The van der Waals surface area contributed by atoms with Gasteiger partial charge in [0.15, 0.2) is 6.04 Å². The van der Waals surface area contributed by atoms with Crippen molar-refractivity contribution in [2.75, 3.05) is 6.54 Å². The molecule has 11 nitrogen and oxygen atoms in total. The zero-order valence-electron chi connectivity index (χ0n) is 19.0. The number of carboxylic acid groups (broad SMARTS) is 1. The first-order valence-corrected chi connectivity index (χ1v) is 10.9. The first-order valence-electron chi connectivity index (χ1n) is 10.9. The summed E-state index contributed by atoms with van der Waals surface area (Å²) in [6.45, 7) is 3.10. The highest BCUT2D eigenvalue weighted by Gasteiger charge is 2.31. The number of benzene rings is 1. The summed E-state index contributed by atoms with van der Waals surface area (Å²) in [6.07, 6.45) is 0.0980. The normalized spacial score (nSPS) is 15.4. The zero-order chi connectivity index (χ0) is 25.0. The Hall–Kier alpha value is -3.02. The van der Waals surface area contributed by atoms with Crippen LogP contribution in [0.4, 0.5) is 0 Å². The van der Waals surface area contributed by atoms with Gasteiger partial charge in [0.25, 0.3) is 0 Å². The van der Waals surface area contributed by atoms with Crippen molar-refractivity contribution >= 4 is 23.7 Å². The highest BCUT2D eigenvalue weighted by atomic mass is 16.4. The molecule has 3 amide bonds. The van der Waals surface area contributed by atoms with Gasteiger partial charge in [-0.1, -0.05) is 30.3 Å². The summed E-state index contributed by atoms with van der Waals surface area (Å²) in [5.41, 5.74) is 11.9. The minimum absolute atomic E-state index is 0.160. The van der Waals surface area contributed by atoms with Gasteiger partial charge >= 0.3 is 5.97 Å². The fourth-order valence-corrected chi connectivity index (χ4v) is 3.04. The number of hydrogen-bond donors (Lipinski definition) is 7. The van der Waals surface area contributed by atoms with Crippen molar-refractivity contribution in [2.45, 2.75) is 69.8 Å².